The average molecular weight is 345 g/mol. The number of esters is 1. The van der Waals surface area contributed by atoms with Crippen molar-refractivity contribution in [2.75, 3.05) is 18.0 Å². The molecule has 0 aromatic heterocycles. The van der Waals surface area contributed by atoms with Crippen LogP contribution in [-0.4, -0.2) is 28.0 Å². The monoisotopic (exact) mass is 345 g/mol. The largest absolute Gasteiger partial charge is 0.465 e. The van der Waals surface area contributed by atoms with Gasteiger partial charge in [-0.2, -0.15) is 0 Å². The molecule has 0 radical (unpaired) electrons. The highest BCUT2D eigenvalue weighted by Crippen LogP contribution is 2.39. The molecule has 3 rings (SSSR count). The topological polar surface area (TPSA) is 63.7 Å². The second kappa shape index (κ2) is 5.94. The molecule has 0 bridgehead atoms. The van der Waals surface area contributed by atoms with Crippen LogP contribution in [0.1, 0.15) is 34.3 Å². The maximum Gasteiger partial charge on any atom is 0.338 e. The minimum absolute atomic E-state index is 0.125. The zero-order valence-corrected chi connectivity index (χ0v) is 14.6. The van der Waals surface area contributed by atoms with Crippen LogP contribution in [0.4, 0.5) is 5.69 Å². The van der Waals surface area contributed by atoms with Crippen molar-refractivity contribution in [3.8, 4) is 0 Å². The second-order valence-corrected chi connectivity index (χ2v) is 7.75. The number of hydrogen-bond acceptors (Lipinski definition) is 4. The highest BCUT2D eigenvalue weighted by Gasteiger charge is 2.35. The molecule has 0 spiro atoms. The molecule has 0 fully saturated rings. The molecule has 1 atom stereocenters. The summed E-state index contributed by atoms with van der Waals surface area (Å²) in [6.07, 6.45) is 0. The van der Waals surface area contributed by atoms with E-state index in [1.165, 1.54) is 17.5 Å². The lowest BCUT2D eigenvalue weighted by molar-refractivity contribution is 0.0599. The Morgan fingerprint density at radius 1 is 1.17 bits per heavy atom. The minimum atomic E-state index is -3.75. The molecule has 0 N–H and O–H groups in total. The van der Waals surface area contributed by atoms with E-state index in [2.05, 4.69) is 0 Å². The van der Waals surface area contributed by atoms with Crippen molar-refractivity contribution in [1.82, 2.24) is 0 Å². The molecule has 1 aliphatic rings. The second-order valence-electron chi connectivity index (χ2n) is 5.92. The normalized spacial score (nSPS) is 16.8. The number of sulfonamides is 1. The van der Waals surface area contributed by atoms with E-state index in [4.69, 9.17) is 4.74 Å². The Morgan fingerprint density at radius 3 is 2.58 bits per heavy atom. The molecule has 0 aliphatic carbocycles. The van der Waals surface area contributed by atoms with E-state index >= 15 is 0 Å². The fourth-order valence-corrected chi connectivity index (χ4v) is 4.98. The van der Waals surface area contributed by atoms with Crippen molar-refractivity contribution in [1.29, 1.82) is 0 Å². The molecule has 1 unspecified atom stereocenters. The van der Waals surface area contributed by atoms with Crippen LogP contribution in [-0.2, 0) is 14.8 Å². The molecule has 1 heterocycles. The first-order chi connectivity index (χ1) is 11.4. The summed E-state index contributed by atoms with van der Waals surface area (Å²) in [6.45, 7) is 4.03. The maximum atomic E-state index is 13.2. The van der Waals surface area contributed by atoms with Gasteiger partial charge in [0.15, 0.2) is 0 Å². The number of hydrogen-bond donors (Lipinski definition) is 0. The molecule has 5 nitrogen and oxygen atoms in total. The molecule has 0 saturated heterocycles. The number of methoxy groups -OCH3 is 1. The first-order valence-corrected chi connectivity index (χ1v) is 9.11. The summed E-state index contributed by atoms with van der Waals surface area (Å²) in [5.74, 6) is -0.417. The Morgan fingerprint density at radius 2 is 1.88 bits per heavy atom. The van der Waals surface area contributed by atoms with Crippen LogP contribution in [0, 0.1) is 6.92 Å². The summed E-state index contributed by atoms with van der Waals surface area (Å²) in [5.41, 5.74) is 2.39. The van der Waals surface area contributed by atoms with Crippen molar-refractivity contribution >= 4 is 21.7 Å². The number of nitrogens with zero attached hydrogens (tertiary/aromatic N) is 1. The van der Waals surface area contributed by atoms with Crippen LogP contribution in [0.5, 0.6) is 0 Å². The fraction of sp³-hybridized carbons (Fsp3) is 0.278. The van der Waals surface area contributed by atoms with Crippen LogP contribution in [0.3, 0.4) is 0 Å². The molecule has 0 saturated carbocycles. The fourth-order valence-electron chi connectivity index (χ4n) is 3.15. The van der Waals surface area contributed by atoms with Gasteiger partial charge in [0.2, 0.25) is 0 Å². The molecule has 2 aromatic carbocycles. The predicted octanol–water partition coefficient (Wildman–Crippen LogP) is 3.09. The van der Waals surface area contributed by atoms with Crippen molar-refractivity contribution < 1.29 is 17.9 Å². The van der Waals surface area contributed by atoms with Gasteiger partial charge in [-0.1, -0.05) is 31.2 Å². The van der Waals surface area contributed by atoms with Crippen LogP contribution >= 0.6 is 0 Å². The third-order valence-electron chi connectivity index (χ3n) is 4.43. The molecular formula is C18H19NO4S. The van der Waals surface area contributed by atoms with E-state index in [0.717, 1.165) is 5.56 Å². The van der Waals surface area contributed by atoms with Gasteiger partial charge in [0, 0.05) is 12.5 Å². The summed E-state index contributed by atoms with van der Waals surface area (Å²) >= 11 is 0. The van der Waals surface area contributed by atoms with Gasteiger partial charge in [-0.05, 0) is 36.2 Å². The highest BCUT2D eigenvalue weighted by atomic mass is 32.2. The third kappa shape index (κ3) is 2.47. The summed E-state index contributed by atoms with van der Waals surface area (Å²) in [7, 11) is -2.48. The van der Waals surface area contributed by atoms with E-state index in [0.29, 0.717) is 17.8 Å². The van der Waals surface area contributed by atoms with Crippen LogP contribution in [0.2, 0.25) is 0 Å². The number of benzene rings is 2. The zero-order chi connectivity index (χ0) is 17.5. The predicted molar refractivity (Wildman–Crippen MR) is 91.9 cm³/mol. The van der Waals surface area contributed by atoms with E-state index in [1.807, 2.05) is 31.2 Å². The Bertz CT molecular complexity index is 905. The van der Waals surface area contributed by atoms with Gasteiger partial charge in [0.25, 0.3) is 10.0 Å². The highest BCUT2D eigenvalue weighted by molar-refractivity contribution is 7.93. The Balaban J connectivity index is 2.12. The molecule has 126 valence electrons. The number of carbonyl (C=O) groups excluding carboxylic acids is 1. The standard InChI is InChI=1S/C18H19NO4S/c1-12-11-19(16-9-5-4-7-14(12)16)24(21,22)17-10-6-8-15(13(17)2)18(20)23-3/h4-10,12H,11H2,1-3H3. The lowest BCUT2D eigenvalue weighted by Gasteiger charge is -2.21. The lowest BCUT2D eigenvalue weighted by Crippen LogP contribution is -2.30. The van der Waals surface area contributed by atoms with Gasteiger partial charge in [-0.3, -0.25) is 4.31 Å². The Labute approximate surface area is 141 Å². The number of anilines is 1. The summed E-state index contributed by atoms with van der Waals surface area (Å²) < 4.78 is 32.6. The van der Waals surface area contributed by atoms with E-state index in [-0.39, 0.29) is 16.4 Å². The first kappa shape index (κ1) is 16.5. The van der Waals surface area contributed by atoms with Crippen molar-refractivity contribution in [3.05, 3.63) is 59.2 Å². The minimum Gasteiger partial charge on any atom is -0.465 e. The number of ether oxygens (including phenoxy) is 1. The molecule has 2 aromatic rings. The molecule has 1 aliphatic heterocycles. The van der Waals surface area contributed by atoms with Crippen molar-refractivity contribution in [3.63, 3.8) is 0 Å². The number of para-hydroxylation sites is 1. The molecular weight excluding hydrogens is 326 g/mol. The van der Waals surface area contributed by atoms with Crippen molar-refractivity contribution in [2.24, 2.45) is 0 Å². The van der Waals surface area contributed by atoms with E-state index in [9.17, 15) is 13.2 Å². The Kier molecular flexibility index (Phi) is 4.09. The van der Waals surface area contributed by atoms with Crippen LogP contribution in [0.25, 0.3) is 0 Å². The number of fused-ring (bicyclic) bond motifs is 1. The number of rotatable bonds is 3. The maximum absolute atomic E-state index is 13.2. The van der Waals surface area contributed by atoms with Crippen LogP contribution in [0.15, 0.2) is 47.4 Å². The van der Waals surface area contributed by atoms with Crippen LogP contribution < -0.4 is 4.31 Å². The quantitative estimate of drug-likeness (QED) is 0.802. The van der Waals surface area contributed by atoms with Gasteiger partial charge in [0.05, 0.1) is 23.3 Å². The first-order valence-electron chi connectivity index (χ1n) is 7.67. The summed E-state index contributed by atoms with van der Waals surface area (Å²) in [4.78, 5) is 12.0. The van der Waals surface area contributed by atoms with E-state index < -0.39 is 16.0 Å². The molecule has 0 amide bonds. The zero-order valence-electron chi connectivity index (χ0n) is 13.8. The summed E-state index contributed by atoms with van der Waals surface area (Å²) in [5, 5.41) is 0. The Hall–Kier alpha value is -2.34. The summed E-state index contributed by atoms with van der Waals surface area (Å²) in [6, 6.07) is 12.2. The van der Waals surface area contributed by atoms with Gasteiger partial charge in [-0.15, -0.1) is 0 Å². The number of carbonyl (C=O) groups is 1. The average Bonchev–Trinajstić information content (AvgIpc) is 2.92. The van der Waals surface area contributed by atoms with Gasteiger partial charge in [-0.25, -0.2) is 13.2 Å². The van der Waals surface area contributed by atoms with Gasteiger partial charge < -0.3 is 4.74 Å². The third-order valence-corrected chi connectivity index (χ3v) is 6.36. The smallest absolute Gasteiger partial charge is 0.338 e. The molecule has 24 heavy (non-hydrogen) atoms. The SMILES string of the molecule is COC(=O)c1cccc(S(=O)(=O)N2CC(C)c3ccccc32)c1C. The van der Waals surface area contributed by atoms with Gasteiger partial charge >= 0.3 is 5.97 Å². The van der Waals surface area contributed by atoms with Crippen molar-refractivity contribution in [2.45, 2.75) is 24.7 Å². The lowest BCUT2D eigenvalue weighted by atomic mass is 10.0. The molecule has 6 heteroatoms. The van der Waals surface area contributed by atoms with E-state index in [1.54, 1.807) is 19.1 Å². The van der Waals surface area contributed by atoms with Gasteiger partial charge in [0.1, 0.15) is 0 Å².